The maximum absolute atomic E-state index is 5.95. The molecule has 0 amide bonds. The minimum absolute atomic E-state index is 0.434. The summed E-state index contributed by atoms with van der Waals surface area (Å²) in [5.74, 6) is 1.78. The molecule has 2 heteroatoms. The highest BCUT2D eigenvalue weighted by molar-refractivity contribution is 4.85. The Morgan fingerprint density at radius 1 is 1.33 bits per heavy atom. The van der Waals surface area contributed by atoms with Gasteiger partial charge in [-0.25, -0.2) is 0 Å². The Labute approximate surface area is 75.1 Å². The Bertz CT molecular complexity index is 144. The molecule has 2 N–H and O–H groups in total. The SMILES string of the molecule is CC1CN(CCC2CC2)CC1N. The van der Waals surface area contributed by atoms with Gasteiger partial charge in [0, 0.05) is 19.1 Å². The summed E-state index contributed by atoms with van der Waals surface area (Å²) < 4.78 is 0. The van der Waals surface area contributed by atoms with E-state index in [1.807, 2.05) is 0 Å². The van der Waals surface area contributed by atoms with Crippen LogP contribution in [0, 0.1) is 11.8 Å². The second-order valence-corrected chi connectivity index (χ2v) is 4.63. The van der Waals surface area contributed by atoms with Gasteiger partial charge in [0.15, 0.2) is 0 Å². The van der Waals surface area contributed by atoms with Gasteiger partial charge in [0.2, 0.25) is 0 Å². The predicted octanol–water partition coefficient (Wildman–Crippen LogP) is 1.07. The molecule has 0 spiro atoms. The molecule has 2 rings (SSSR count). The summed E-state index contributed by atoms with van der Waals surface area (Å²) in [5, 5.41) is 0. The van der Waals surface area contributed by atoms with Crippen LogP contribution in [-0.2, 0) is 0 Å². The standard InChI is InChI=1S/C10H20N2/c1-8-6-12(7-10(8)11)5-4-9-2-3-9/h8-10H,2-7,11H2,1H3. The maximum Gasteiger partial charge on any atom is 0.0206 e. The molecule has 2 nitrogen and oxygen atoms in total. The highest BCUT2D eigenvalue weighted by atomic mass is 15.2. The van der Waals surface area contributed by atoms with E-state index in [0.29, 0.717) is 12.0 Å². The number of likely N-dealkylation sites (tertiary alicyclic amines) is 1. The van der Waals surface area contributed by atoms with Crippen molar-refractivity contribution in [2.24, 2.45) is 17.6 Å². The topological polar surface area (TPSA) is 29.3 Å². The van der Waals surface area contributed by atoms with Crippen LogP contribution in [0.4, 0.5) is 0 Å². The number of nitrogens with zero attached hydrogens (tertiary/aromatic N) is 1. The zero-order valence-corrected chi connectivity index (χ0v) is 8.00. The van der Waals surface area contributed by atoms with Gasteiger partial charge in [0.1, 0.15) is 0 Å². The first-order valence-corrected chi connectivity index (χ1v) is 5.23. The lowest BCUT2D eigenvalue weighted by Gasteiger charge is -2.14. The Balaban J connectivity index is 1.67. The molecular formula is C10H20N2. The van der Waals surface area contributed by atoms with E-state index in [1.165, 1.54) is 32.4 Å². The van der Waals surface area contributed by atoms with Gasteiger partial charge in [-0.3, -0.25) is 0 Å². The lowest BCUT2D eigenvalue weighted by Crippen LogP contribution is -2.29. The molecule has 0 aromatic rings. The molecule has 1 saturated carbocycles. The summed E-state index contributed by atoms with van der Waals surface area (Å²) in [7, 11) is 0. The second-order valence-electron chi connectivity index (χ2n) is 4.63. The molecule has 2 aliphatic rings. The first-order valence-electron chi connectivity index (χ1n) is 5.23. The van der Waals surface area contributed by atoms with E-state index in [1.54, 1.807) is 0 Å². The molecule has 2 unspecified atom stereocenters. The third-order valence-corrected chi connectivity index (χ3v) is 3.30. The molecule has 1 aliphatic carbocycles. The van der Waals surface area contributed by atoms with E-state index in [4.69, 9.17) is 5.73 Å². The monoisotopic (exact) mass is 168 g/mol. The molecule has 0 aromatic carbocycles. The molecular weight excluding hydrogens is 148 g/mol. The van der Waals surface area contributed by atoms with Gasteiger partial charge in [-0.05, 0) is 24.8 Å². The van der Waals surface area contributed by atoms with Crippen molar-refractivity contribution in [2.45, 2.75) is 32.2 Å². The minimum Gasteiger partial charge on any atom is -0.326 e. The Hall–Kier alpha value is -0.0800. The van der Waals surface area contributed by atoms with E-state index in [9.17, 15) is 0 Å². The van der Waals surface area contributed by atoms with Crippen molar-refractivity contribution in [1.82, 2.24) is 4.90 Å². The van der Waals surface area contributed by atoms with Crippen LogP contribution in [0.3, 0.4) is 0 Å². The highest BCUT2D eigenvalue weighted by Gasteiger charge is 2.28. The Morgan fingerprint density at radius 3 is 2.58 bits per heavy atom. The molecule has 1 heterocycles. The molecule has 0 aromatic heterocycles. The highest BCUT2D eigenvalue weighted by Crippen LogP contribution is 2.32. The number of hydrogen-bond acceptors (Lipinski definition) is 2. The summed E-state index contributed by atoms with van der Waals surface area (Å²) in [6, 6.07) is 0.434. The third-order valence-electron chi connectivity index (χ3n) is 3.30. The molecule has 70 valence electrons. The van der Waals surface area contributed by atoms with Crippen molar-refractivity contribution in [3.8, 4) is 0 Å². The quantitative estimate of drug-likeness (QED) is 0.683. The van der Waals surface area contributed by atoms with Crippen molar-refractivity contribution >= 4 is 0 Å². The second kappa shape index (κ2) is 3.35. The molecule has 2 atom stereocenters. The zero-order chi connectivity index (χ0) is 8.55. The lowest BCUT2D eigenvalue weighted by molar-refractivity contribution is 0.315. The van der Waals surface area contributed by atoms with Crippen LogP contribution in [0.2, 0.25) is 0 Å². The molecule has 2 fully saturated rings. The van der Waals surface area contributed by atoms with Crippen molar-refractivity contribution in [3.05, 3.63) is 0 Å². The first-order chi connectivity index (χ1) is 5.75. The fourth-order valence-corrected chi connectivity index (χ4v) is 2.05. The van der Waals surface area contributed by atoms with Gasteiger partial charge < -0.3 is 10.6 Å². The van der Waals surface area contributed by atoms with Crippen molar-refractivity contribution < 1.29 is 0 Å². The van der Waals surface area contributed by atoms with Crippen LogP contribution in [0.5, 0.6) is 0 Å². The average molecular weight is 168 g/mol. The van der Waals surface area contributed by atoms with Gasteiger partial charge in [0.25, 0.3) is 0 Å². The molecule has 12 heavy (non-hydrogen) atoms. The van der Waals surface area contributed by atoms with Crippen LogP contribution in [0.25, 0.3) is 0 Å². The summed E-state index contributed by atoms with van der Waals surface area (Å²) in [6.07, 6.45) is 4.38. The summed E-state index contributed by atoms with van der Waals surface area (Å²) >= 11 is 0. The van der Waals surface area contributed by atoms with Gasteiger partial charge in [0.05, 0.1) is 0 Å². The van der Waals surface area contributed by atoms with Crippen molar-refractivity contribution in [2.75, 3.05) is 19.6 Å². The minimum atomic E-state index is 0.434. The molecule has 1 saturated heterocycles. The van der Waals surface area contributed by atoms with E-state index in [2.05, 4.69) is 11.8 Å². The van der Waals surface area contributed by atoms with Crippen molar-refractivity contribution in [1.29, 1.82) is 0 Å². The van der Waals surface area contributed by atoms with E-state index in [-0.39, 0.29) is 0 Å². The lowest BCUT2D eigenvalue weighted by atomic mass is 10.1. The molecule has 0 bridgehead atoms. The van der Waals surface area contributed by atoms with Crippen LogP contribution < -0.4 is 5.73 Å². The predicted molar refractivity (Wildman–Crippen MR) is 50.9 cm³/mol. The third kappa shape index (κ3) is 1.99. The average Bonchev–Trinajstić information content (AvgIpc) is 2.78. The fraction of sp³-hybridized carbons (Fsp3) is 1.00. The smallest absolute Gasteiger partial charge is 0.0206 e. The summed E-state index contributed by atoms with van der Waals surface area (Å²) in [6.45, 7) is 5.92. The maximum atomic E-state index is 5.95. The number of nitrogens with two attached hydrogens (primary N) is 1. The fourth-order valence-electron chi connectivity index (χ4n) is 2.05. The number of rotatable bonds is 3. The molecule has 0 radical (unpaired) electrons. The summed E-state index contributed by atoms with van der Waals surface area (Å²) in [4.78, 5) is 2.54. The van der Waals surface area contributed by atoms with E-state index in [0.717, 1.165) is 12.5 Å². The summed E-state index contributed by atoms with van der Waals surface area (Å²) in [5.41, 5.74) is 5.95. The van der Waals surface area contributed by atoms with Gasteiger partial charge in [-0.2, -0.15) is 0 Å². The normalized spacial score (nSPS) is 37.5. The van der Waals surface area contributed by atoms with Crippen LogP contribution in [0.1, 0.15) is 26.2 Å². The largest absolute Gasteiger partial charge is 0.326 e. The van der Waals surface area contributed by atoms with Crippen molar-refractivity contribution in [3.63, 3.8) is 0 Å². The Morgan fingerprint density at radius 2 is 2.08 bits per heavy atom. The van der Waals surface area contributed by atoms with Gasteiger partial charge in [-0.15, -0.1) is 0 Å². The van der Waals surface area contributed by atoms with Gasteiger partial charge >= 0.3 is 0 Å². The zero-order valence-electron chi connectivity index (χ0n) is 8.00. The van der Waals surface area contributed by atoms with Crippen LogP contribution in [-0.4, -0.2) is 30.6 Å². The van der Waals surface area contributed by atoms with E-state index < -0.39 is 0 Å². The Kier molecular flexibility index (Phi) is 2.37. The van der Waals surface area contributed by atoms with E-state index >= 15 is 0 Å². The number of hydrogen-bond donors (Lipinski definition) is 1. The molecule has 1 aliphatic heterocycles. The van der Waals surface area contributed by atoms with Crippen LogP contribution in [0.15, 0.2) is 0 Å². The van der Waals surface area contributed by atoms with Crippen LogP contribution >= 0.6 is 0 Å². The first kappa shape index (κ1) is 8.52. The van der Waals surface area contributed by atoms with Gasteiger partial charge in [-0.1, -0.05) is 19.8 Å².